The summed E-state index contributed by atoms with van der Waals surface area (Å²) in [5.74, 6) is 1.49. The zero-order chi connectivity index (χ0) is 33.2. The minimum Gasteiger partial charge on any atom is -0.453 e. The molecule has 1 N–H and O–H groups in total. The zero-order valence-electron chi connectivity index (χ0n) is 27.2. The lowest BCUT2D eigenvalue weighted by Crippen LogP contribution is -2.56. The number of aryl methyl sites for hydroxylation is 1. The van der Waals surface area contributed by atoms with Crippen LogP contribution in [-0.4, -0.2) is 66.4 Å². The molecule has 3 aromatic rings. The van der Waals surface area contributed by atoms with E-state index in [4.69, 9.17) is 4.74 Å². The maximum absolute atomic E-state index is 15.0. The Hall–Kier alpha value is -3.60. The van der Waals surface area contributed by atoms with Crippen molar-refractivity contribution in [3.63, 3.8) is 0 Å². The molecule has 6 rings (SSSR count). The summed E-state index contributed by atoms with van der Waals surface area (Å²) in [6, 6.07) is 12.4. The highest BCUT2D eigenvalue weighted by molar-refractivity contribution is 5.67. The van der Waals surface area contributed by atoms with E-state index in [1.54, 1.807) is 24.3 Å². The number of amides is 1. The van der Waals surface area contributed by atoms with Gasteiger partial charge in [-0.3, -0.25) is 0 Å². The van der Waals surface area contributed by atoms with Crippen molar-refractivity contribution in [3.8, 4) is 0 Å². The molecule has 0 unspecified atom stereocenters. The number of nitrogens with zero attached hydrogens (tertiary/aromatic N) is 4. The Morgan fingerprint density at radius 3 is 2.43 bits per heavy atom. The molecule has 3 atom stereocenters. The lowest BCUT2D eigenvalue weighted by molar-refractivity contribution is -0.137. The molecule has 1 aliphatic carbocycles. The van der Waals surface area contributed by atoms with E-state index in [0.717, 1.165) is 100 Å². The number of methoxy groups -OCH3 is 1. The number of rotatable bonds is 10. The third kappa shape index (κ3) is 7.00. The molecule has 47 heavy (non-hydrogen) atoms. The molecule has 1 amide bonds. The smallest absolute Gasteiger partial charge is 0.416 e. The lowest BCUT2D eigenvalue weighted by Gasteiger charge is -2.51. The van der Waals surface area contributed by atoms with E-state index >= 15 is 4.39 Å². The Bertz CT molecular complexity index is 1500. The second-order valence-electron chi connectivity index (χ2n) is 13.5. The summed E-state index contributed by atoms with van der Waals surface area (Å²) in [4.78, 5) is 21.8. The van der Waals surface area contributed by atoms with Gasteiger partial charge < -0.3 is 24.4 Å². The third-order valence-electron chi connectivity index (χ3n) is 10.9. The zero-order valence-corrected chi connectivity index (χ0v) is 27.2. The number of halogens is 4. The van der Waals surface area contributed by atoms with Gasteiger partial charge in [0.2, 0.25) is 0 Å². The summed E-state index contributed by atoms with van der Waals surface area (Å²) in [6.07, 6.45) is 4.48. The van der Waals surface area contributed by atoms with Crippen LogP contribution >= 0.6 is 0 Å². The van der Waals surface area contributed by atoms with Crippen LogP contribution in [0.5, 0.6) is 0 Å². The van der Waals surface area contributed by atoms with Crippen molar-refractivity contribution in [2.24, 2.45) is 17.8 Å². The summed E-state index contributed by atoms with van der Waals surface area (Å²) < 4.78 is 61.3. The van der Waals surface area contributed by atoms with Crippen LogP contribution in [0, 0.1) is 23.6 Å². The first-order valence-electron chi connectivity index (χ1n) is 16.9. The number of hydrogen-bond donors (Lipinski definition) is 1. The van der Waals surface area contributed by atoms with Crippen LogP contribution in [0.25, 0.3) is 0 Å². The highest BCUT2D eigenvalue weighted by Crippen LogP contribution is 2.52. The lowest BCUT2D eigenvalue weighted by atomic mass is 9.58. The normalized spacial score (nSPS) is 22.6. The Labute approximate surface area is 274 Å². The molecule has 3 heterocycles. The van der Waals surface area contributed by atoms with E-state index in [9.17, 15) is 18.0 Å². The number of alkyl halides is 3. The van der Waals surface area contributed by atoms with Crippen LogP contribution in [0.3, 0.4) is 0 Å². The van der Waals surface area contributed by atoms with E-state index < -0.39 is 23.2 Å². The predicted molar refractivity (Wildman–Crippen MR) is 173 cm³/mol. The molecular weight excluding hydrogens is 610 g/mol. The largest absolute Gasteiger partial charge is 0.453 e. The minimum atomic E-state index is -4.33. The van der Waals surface area contributed by atoms with Gasteiger partial charge in [0.1, 0.15) is 11.6 Å². The molecule has 7 nitrogen and oxygen atoms in total. The van der Waals surface area contributed by atoms with Gasteiger partial charge in [-0.1, -0.05) is 25.5 Å². The van der Waals surface area contributed by atoms with Crippen LogP contribution < -0.4 is 10.2 Å². The second-order valence-corrected chi connectivity index (χ2v) is 13.5. The van der Waals surface area contributed by atoms with Gasteiger partial charge in [-0.25, -0.2) is 14.2 Å². The molecule has 3 fully saturated rings. The summed E-state index contributed by atoms with van der Waals surface area (Å²) in [7, 11) is 1.39. The molecule has 0 radical (unpaired) electrons. The van der Waals surface area contributed by atoms with Gasteiger partial charge in [0, 0.05) is 68.1 Å². The average Bonchev–Trinajstić information content (AvgIpc) is 3.70. The number of aromatic nitrogens is 2. The summed E-state index contributed by atoms with van der Waals surface area (Å²) in [5, 5.41) is 3.14. The van der Waals surface area contributed by atoms with Gasteiger partial charge in [0.15, 0.2) is 0 Å². The molecule has 11 heteroatoms. The number of nitrogens with one attached hydrogen (secondary N) is 1. The SMILES string of the molecule is CCc1nccn1C[C@@](c1cccc(F)c1)(C1CCN(CC2CN(c3ccc(C(F)(F)F)cc3)C2)CC1)[C@H]1CCC[C@@H]1NC(=O)OC. The standard InChI is InChI=1S/C36H45F4N5O2/c1-3-33-41-16-19-44(33)24-35(28-6-4-7-29(37)20-28,31-8-5-9-32(31)42-34(46)47-2)26-14-17-43(18-15-26)21-25-22-45(23-25)30-12-10-27(11-13-30)36(38,39)40/h4,6-7,10-13,16,19-20,25-26,31-32H,3,5,8-9,14-15,17-18,21-24H2,1-2H3,(H,42,46)/t31-,32-,35-/m0/s1. The fraction of sp³-hybridized carbons (Fsp3) is 0.556. The first-order valence-corrected chi connectivity index (χ1v) is 16.9. The monoisotopic (exact) mass is 655 g/mol. The molecule has 0 spiro atoms. The Morgan fingerprint density at radius 2 is 1.77 bits per heavy atom. The van der Waals surface area contributed by atoms with Crippen molar-refractivity contribution < 1.29 is 27.1 Å². The molecule has 1 aromatic heterocycles. The van der Waals surface area contributed by atoms with E-state index in [1.807, 2.05) is 12.4 Å². The number of anilines is 1. The van der Waals surface area contributed by atoms with E-state index in [1.165, 1.54) is 13.2 Å². The number of carbonyl (C=O) groups excluding carboxylic acids is 1. The number of hydrogen-bond acceptors (Lipinski definition) is 5. The number of carbonyl (C=O) groups is 1. The molecule has 3 aliphatic rings. The molecule has 2 aliphatic heterocycles. The van der Waals surface area contributed by atoms with Crippen LogP contribution in [0.15, 0.2) is 60.9 Å². The molecule has 2 saturated heterocycles. The van der Waals surface area contributed by atoms with Gasteiger partial charge in [0.25, 0.3) is 0 Å². The van der Waals surface area contributed by atoms with Crippen LogP contribution in [0.2, 0.25) is 0 Å². The van der Waals surface area contributed by atoms with E-state index in [2.05, 4.69) is 37.7 Å². The molecule has 0 bridgehead atoms. The quantitative estimate of drug-likeness (QED) is 0.241. The first-order chi connectivity index (χ1) is 22.6. The van der Waals surface area contributed by atoms with Gasteiger partial charge in [-0.15, -0.1) is 0 Å². The molecule has 1 saturated carbocycles. The number of likely N-dealkylation sites (tertiary alicyclic amines) is 1. The van der Waals surface area contributed by atoms with Gasteiger partial charge in [-0.2, -0.15) is 13.2 Å². The fourth-order valence-corrected chi connectivity index (χ4v) is 8.66. The van der Waals surface area contributed by atoms with Crippen molar-refractivity contribution in [2.45, 2.75) is 69.6 Å². The molecule has 254 valence electrons. The van der Waals surface area contributed by atoms with E-state index in [0.29, 0.717) is 12.5 Å². The second kappa shape index (κ2) is 13.9. The van der Waals surface area contributed by atoms with Crippen molar-refractivity contribution >= 4 is 11.8 Å². The fourth-order valence-electron chi connectivity index (χ4n) is 8.66. The topological polar surface area (TPSA) is 62.6 Å². The average molecular weight is 656 g/mol. The van der Waals surface area contributed by atoms with Crippen molar-refractivity contribution in [1.29, 1.82) is 0 Å². The highest BCUT2D eigenvalue weighted by Gasteiger charge is 2.52. The number of benzene rings is 2. The van der Waals surface area contributed by atoms with Crippen LogP contribution in [0.1, 0.15) is 56.0 Å². The van der Waals surface area contributed by atoms with Crippen molar-refractivity contribution in [3.05, 3.63) is 83.7 Å². The Balaban J connectivity index is 1.21. The maximum Gasteiger partial charge on any atom is 0.416 e. The van der Waals surface area contributed by atoms with Crippen LogP contribution in [-0.2, 0) is 29.3 Å². The number of imidazole rings is 1. The number of alkyl carbamates (subject to hydrolysis) is 1. The Kier molecular flexibility index (Phi) is 9.82. The van der Waals surface area contributed by atoms with Crippen molar-refractivity contribution in [1.82, 2.24) is 19.8 Å². The van der Waals surface area contributed by atoms with Crippen LogP contribution in [0.4, 0.5) is 28.0 Å². The maximum atomic E-state index is 15.0. The predicted octanol–water partition coefficient (Wildman–Crippen LogP) is 6.91. The van der Waals surface area contributed by atoms with Gasteiger partial charge in [0.05, 0.1) is 12.7 Å². The summed E-state index contributed by atoms with van der Waals surface area (Å²) >= 11 is 0. The highest BCUT2D eigenvalue weighted by atomic mass is 19.4. The number of ether oxygens (including phenoxy) is 1. The van der Waals surface area contributed by atoms with Gasteiger partial charge in [-0.05, 0) is 92.6 Å². The number of piperidine rings is 1. The van der Waals surface area contributed by atoms with E-state index in [-0.39, 0.29) is 23.7 Å². The van der Waals surface area contributed by atoms with Crippen molar-refractivity contribution in [2.75, 3.05) is 44.7 Å². The Morgan fingerprint density at radius 1 is 1.02 bits per heavy atom. The molecular formula is C36H45F4N5O2. The third-order valence-corrected chi connectivity index (χ3v) is 10.9. The molecule has 2 aromatic carbocycles. The minimum absolute atomic E-state index is 0.0796. The summed E-state index contributed by atoms with van der Waals surface area (Å²) in [5.41, 5.74) is 0.725. The van der Waals surface area contributed by atoms with Gasteiger partial charge >= 0.3 is 12.3 Å². The summed E-state index contributed by atoms with van der Waals surface area (Å²) in [6.45, 7) is 7.14. The first kappa shape index (κ1) is 33.3.